The predicted molar refractivity (Wildman–Crippen MR) is 86.7 cm³/mol. The molecule has 1 unspecified atom stereocenters. The average Bonchev–Trinajstić information content (AvgIpc) is 3.09. The van der Waals surface area contributed by atoms with Crippen LogP contribution in [0.15, 0.2) is 18.3 Å². The van der Waals surface area contributed by atoms with Crippen molar-refractivity contribution in [3.05, 3.63) is 24.0 Å². The number of hydrogen-bond donors (Lipinski definition) is 1. The fourth-order valence-electron chi connectivity index (χ4n) is 3.50. The molecule has 2 atom stereocenters. The second-order valence-electron chi connectivity index (χ2n) is 6.44. The Kier molecular flexibility index (Phi) is 4.13. The zero-order chi connectivity index (χ0) is 14.8. The van der Waals surface area contributed by atoms with Crippen LogP contribution in [0, 0.1) is 5.92 Å². The summed E-state index contributed by atoms with van der Waals surface area (Å²) in [5.74, 6) is 2.47. The molecule has 4 heteroatoms. The third kappa shape index (κ3) is 2.89. The van der Waals surface area contributed by atoms with Gasteiger partial charge in [-0.15, -0.1) is 0 Å². The third-order valence-electron chi connectivity index (χ3n) is 4.83. The first-order valence-corrected chi connectivity index (χ1v) is 8.32. The molecule has 0 aliphatic heterocycles. The van der Waals surface area contributed by atoms with Gasteiger partial charge in [-0.3, -0.25) is 0 Å². The van der Waals surface area contributed by atoms with Gasteiger partial charge >= 0.3 is 0 Å². The normalized spacial score (nSPS) is 22.3. The van der Waals surface area contributed by atoms with E-state index in [-0.39, 0.29) is 0 Å². The number of anilines is 1. The molecule has 0 spiro atoms. The topological polar surface area (TPSA) is 42.2 Å². The van der Waals surface area contributed by atoms with Crippen molar-refractivity contribution in [2.24, 2.45) is 5.92 Å². The van der Waals surface area contributed by atoms with E-state index in [0.29, 0.717) is 12.0 Å². The van der Waals surface area contributed by atoms with Crippen LogP contribution in [0.5, 0.6) is 0 Å². The van der Waals surface area contributed by atoms with Gasteiger partial charge in [-0.1, -0.05) is 20.8 Å². The van der Waals surface area contributed by atoms with Gasteiger partial charge < -0.3 is 5.32 Å². The van der Waals surface area contributed by atoms with E-state index in [1.807, 2.05) is 16.8 Å². The molecule has 21 heavy (non-hydrogen) atoms. The number of rotatable bonds is 5. The van der Waals surface area contributed by atoms with E-state index in [2.05, 4.69) is 37.3 Å². The first-order chi connectivity index (χ1) is 10.2. The number of nitrogens with one attached hydrogen (secondary N) is 1. The second kappa shape index (κ2) is 6.04. The van der Waals surface area contributed by atoms with Crippen molar-refractivity contribution in [3.63, 3.8) is 0 Å². The van der Waals surface area contributed by atoms with Crippen LogP contribution in [0.3, 0.4) is 0 Å². The summed E-state index contributed by atoms with van der Waals surface area (Å²) in [5.41, 5.74) is 2.15. The minimum absolute atomic E-state index is 0.535. The van der Waals surface area contributed by atoms with Crippen molar-refractivity contribution in [3.8, 4) is 0 Å². The molecular formula is C17H26N4. The van der Waals surface area contributed by atoms with Crippen LogP contribution in [0.4, 0.5) is 5.82 Å². The summed E-state index contributed by atoms with van der Waals surface area (Å²) in [6, 6.07) is 4.78. The Hall–Kier alpha value is -1.58. The standard InChI is InChI=1S/C17H26N4/c1-4-13(5-2)15-11-17(19-14-7-6-12(3)10-14)21-16(20-15)8-9-18-21/h8-9,11-14,19H,4-7,10H2,1-3H3/t12?,14-/m0/s1. The van der Waals surface area contributed by atoms with Crippen molar-refractivity contribution in [1.29, 1.82) is 0 Å². The van der Waals surface area contributed by atoms with E-state index in [4.69, 9.17) is 4.98 Å². The summed E-state index contributed by atoms with van der Waals surface area (Å²) in [6.45, 7) is 6.82. The van der Waals surface area contributed by atoms with Gasteiger partial charge in [0.2, 0.25) is 0 Å². The molecule has 3 rings (SSSR count). The smallest absolute Gasteiger partial charge is 0.157 e. The van der Waals surface area contributed by atoms with Crippen molar-refractivity contribution in [2.45, 2.75) is 64.8 Å². The first-order valence-electron chi connectivity index (χ1n) is 8.32. The molecule has 0 saturated heterocycles. The molecule has 1 fully saturated rings. The highest BCUT2D eigenvalue weighted by Crippen LogP contribution is 2.29. The van der Waals surface area contributed by atoms with E-state index >= 15 is 0 Å². The van der Waals surface area contributed by atoms with E-state index in [1.165, 1.54) is 25.0 Å². The Labute approximate surface area is 127 Å². The summed E-state index contributed by atoms with van der Waals surface area (Å²) in [7, 11) is 0. The van der Waals surface area contributed by atoms with Crippen molar-refractivity contribution in [1.82, 2.24) is 14.6 Å². The average molecular weight is 286 g/mol. The molecule has 0 bridgehead atoms. The van der Waals surface area contributed by atoms with Crippen LogP contribution < -0.4 is 5.32 Å². The van der Waals surface area contributed by atoms with Crippen molar-refractivity contribution >= 4 is 11.5 Å². The monoisotopic (exact) mass is 286 g/mol. The highest BCUT2D eigenvalue weighted by Gasteiger charge is 2.22. The summed E-state index contributed by atoms with van der Waals surface area (Å²) in [4.78, 5) is 4.79. The quantitative estimate of drug-likeness (QED) is 0.894. The Morgan fingerprint density at radius 2 is 2.14 bits per heavy atom. The largest absolute Gasteiger partial charge is 0.367 e. The second-order valence-corrected chi connectivity index (χ2v) is 6.44. The predicted octanol–water partition coefficient (Wildman–Crippen LogP) is 4.23. The molecule has 2 aromatic rings. The lowest BCUT2D eigenvalue weighted by Gasteiger charge is -2.18. The summed E-state index contributed by atoms with van der Waals surface area (Å²) < 4.78 is 1.94. The van der Waals surface area contributed by atoms with Crippen LogP contribution in [0.2, 0.25) is 0 Å². The van der Waals surface area contributed by atoms with Gasteiger partial charge in [0, 0.05) is 29.8 Å². The van der Waals surface area contributed by atoms with Crippen LogP contribution in [-0.2, 0) is 0 Å². The molecule has 1 aliphatic carbocycles. The Morgan fingerprint density at radius 1 is 1.33 bits per heavy atom. The number of nitrogens with zero attached hydrogens (tertiary/aromatic N) is 3. The minimum atomic E-state index is 0.535. The SMILES string of the molecule is CCC(CC)c1cc(N[C@H]2CCC(C)C2)n2nccc2n1. The van der Waals surface area contributed by atoms with Gasteiger partial charge in [0.15, 0.2) is 5.65 Å². The number of aromatic nitrogens is 3. The highest BCUT2D eigenvalue weighted by atomic mass is 15.3. The molecule has 1 saturated carbocycles. The van der Waals surface area contributed by atoms with Gasteiger partial charge in [-0.25, -0.2) is 4.98 Å². The lowest BCUT2D eigenvalue weighted by molar-refractivity contribution is 0.600. The lowest BCUT2D eigenvalue weighted by atomic mass is 9.99. The zero-order valence-corrected chi connectivity index (χ0v) is 13.3. The molecule has 1 aliphatic rings. The molecule has 2 heterocycles. The van der Waals surface area contributed by atoms with E-state index < -0.39 is 0 Å². The van der Waals surface area contributed by atoms with Gasteiger partial charge in [-0.05, 0) is 38.0 Å². The van der Waals surface area contributed by atoms with Crippen LogP contribution in [0.1, 0.15) is 64.5 Å². The minimum Gasteiger partial charge on any atom is -0.367 e. The fraction of sp³-hybridized carbons (Fsp3) is 0.647. The molecule has 0 radical (unpaired) electrons. The van der Waals surface area contributed by atoms with Crippen molar-refractivity contribution < 1.29 is 0 Å². The van der Waals surface area contributed by atoms with E-state index in [1.54, 1.807) is 0 Å². The van der Waals surface area contributed by atoms with Crippen LogP contribution in [-0.4, -0.2) is 20.6 Å². The molecule has 2 aromatic heterocycles. The van der Waals surface area contributed by atoms with Crippen LogP contribution >= 0.6 is 0 Å². The summed E-state index contributed by atoms with van der Waals surface area (Å²) in [5, 5.41) is 8.13. The maximum Gasteiger partial charge on any atom is 0.157 e. The highest BCUT2D eigenvalue weighted by molar-refractivity contribution is 5.50. The van der Waals surface area contributed by atoms with E-state index in [9.17, 15) is 0 Å². The van der Waals surface area contributed by atoms with Crippen LogP contribution in [0.25, 0.3) is 5.65 Å². The van der Waals surface area contributed by atoms with Gasteiger partial charge in [0.25, 0.3) is 0 Å². The Bertz CT molecular complexity index is 600. The summed E-state index contributed by atoms with van der Waals surface area (Å²) >= 11 is 0. The maximum atomic E-state index is 4.79. The zero-order valence-electron chi connectivity index (χ0n) is 13.3. The third-order valence-corrected chi connectivity index (χ3v) is 4.83. The molecule has 0 aromatic carbocycles. The summed E-state index contributed by atoms with van der Waals surface area (Å²) in [6.07, 6.45) is 7.94. The Balaban J connectivity index is 1.93. The molecular weight excluding hydrogens is 260 g/mol. The lowest BCUT2D eigenvalue weighted by Crippen LogP contribution is -2.18. The fourth-order valence-corrected chi connectivity index (χ4v) is 3.50. The maximum absolute atomic E-state index is 4.79. The number of hydrogen-bond acceptors (Lipinski definition) is 3. The van der Waals surface area contributed by atoms with E-state index in [0.717, 1.165) is 30.2 Å². The number of fused-ring (bicyclic) bond motifs is 1. The first kappa shape index (κ1) is 14.4. The van der Waals surface area contributed by atoms with Gasteiger partial charge in [0.05, 0.1) is 6.20 Å². The van der Waals surface area contributed by atoms with Gasteiger partial charge in [0.1, 0.15) is 5.82 Å². The molecule has 1 N–H and O–H groups in total. The Morgan fingerprint density at radius 3 is 2.81 bits per heavy atom. The molecule has 0 amide bonds. The molecule has 4 nitrogen and oxygen atoms in total. The molecule has 114 valence electrons. The van der Waals surface area contributed by atoms with Crippen molar-refractivity contribution in [2.75, 3.05) is 5.32 Å². The van der Waals surface area contributed by atoms with Gasteiger partial charge in [-0.2, -0.15) is 9.61 Å².